The number of anilines is 6. The third-order valence-corrected chi connectivity index (χ3v) is 26.6. The van der Waals surface area contributed by atoms with Crippen molar-refractivity contribution in [2.24, 2.45) is 0 Å². The largest absolute Gasteiger partial charge is 0.311 e. The standard InChI is InChI=1S/C105H62BN3/c1-2-27-63(28-3-1)64-53-55-65(56-54-64)107-96-61-79-74-36-11-19-45-84(74)104(82-43-17-6-31-69(82)70-32-7-18-44-83(70)104)90(79)62-91(96)106-101-97(107)59-66(108-92-50-24-13-37-75(92)76-38-14-25-51-93(76)108)60-98(101)109(94-52-26-40-77-73-35-10-22-48-87(73)105(100(77)94)85-46-20-8-33-71(85)72-34-9-21-47-86(72)105)95-58-57-89-99(102(95)106)78-39-12-23-49-88(78)103(89)80-41-15-4-29-67(80)68-30-5-16-42-81(68)103/h1-62H. The summed E-state index contributed by atoms with van der Waals surface area (Å²) >= 11 is 0. The maximum absolute atomic E-state index is 2.80. The van der Waals surface area contributed by atoms with Gasteiger partial charge in [0.1, 0.15) is 0 Å². The van der Waals surface area contributed by atoms with E-state index in [1.54, 1.807) is 0 Å². The van der Waals surface area contributed by atoms with Crippen molar-refractivity contribution >= 4 is 79.0 Å². The van der Waals surface area contributed by atoms with Crippen LogP contribution >= 0.6 is 0 Å². The highest BCUT2D eigenvalue weighted by atomic mass is 15.2. The summed E-state index contributed by atoms with van der Waals surface area (Å²) in [6, 6.07) is 146. The van der Waals surface area contributed by atoms with E-state index >= 15 is 0 Å². The van der Waals surface area contributed by atoms with Crippen LogP contribution in [0.5, 0.6) is 0 Å². The van der Waals surface area contributed by atoms with Crippen molar-refractivity contribution < 1.29 is 0 Å². The monoisotopic (exact) mass is 1380 g/mol. The third kappa shape index (κ3) is 6.92. The van der Waals surface area contributed by atoms with Crippen LogP contribution in [0.15, 0.2) is 376 Å². The first-order valence-electron chi connectivity index (χ1n) is 38.4. The van der Waals surface area contributed by atoms with Crippen molar-refractivity contribution in [1.29, 1.82) is 0 Å². The van der Waals surface area contributed by atoms with Crippen molar-refractivity contribution in [2.75, 3.05) is 9.80 Å². The summed E-state index contributed by atoms with van der Waals surface area (Å²) in [7, 11) is 0. The molecule has 0 saturated carbocycles. The first kappa shape index (κ1) is 58.5. The van der Waals surface area contributed by atoms with Gasteiger partial charge in [-0.3, -0.25) is 0 Å². The Hall–Kier alpha value is -13.8. The quantitative estimate of drug-likeness (QED) is 0.163. The van der Waals surface area contributed by atoms with E-state index in [9.17, 15) is 0 Å². The summed E-state index contributed by atoms with van der Waals surface area (Å²) in [5.41, 5.74) is 45.8. The van der Waals surface area contributed by atoms with E-state index < -0.39 is 16.2 Å². The smallest absolute Gasteiger partial charge is 0.252 e. The molecule has 3 spiro atoms. The molecule has 0 fully saturated rings. The number of rotatable bonds is 4. The minimum absolute atomic E-state index is 0.336. The molecule has 0 amide bonds. The van der Waals surface area contributed by atoms with Crippen LogP contribution in [-0.4, -0.2) is 11.3 Å². The van der Waals surface area contributed by atoms with Crippen LogP contribution in [0.1, 0.15) is 66.8 Å². The lowest BCUT2D eigenvalue weighted by atomic mass is 9.32. The fourth-order valence-corrected chi connectivity index (χ4v) is 22.9. The van der Waals surface area contributed by atoms with E-state index in [-0.39, 0.29) is 6.71 Å². The zero-order valence-corrected chi connectivity index (χ0v) is 59.2. The predicted molar refractivity (Wildman–Crippen MR) is 449 cm³/mol. The maximum atomic E-state index is 2.80. The summed E-state index contributed by atoms with van der Waals surface area (Å²) < 4.78 is 2.57. The average Bonchev–Trinajstić information content (AvgIpc) is 1.57. The second kappa shape index (κ2) is 20.8. The highest BCUT2D eigenvalue weighted by Gasteiger charge is 2.59. The molecule has 18 aromatic rings. The van der Waals surface area contributed by atoms with E-state index in [0.717, 1.165) is 39.5 Å². The van der Waals surface area contributed by atoms with E-state index in [0.29, 0.717) is 0 Å². The fourth-order valence-electron chi connectivity index (χ4n) is 22.9. The van der Waals surface area contributed by atoms with Gasteiger partial charge >= 0.3 is 0 Å². The number of benzene rings is 17. The number of nitrogens with zero attached hydrogens (tertiary/aromatic N) is 3. The van der Waals surface area contributed by atoms with Gasteiger partial charge in [0, 0.05) is 44.8 Å². The third-order valence-electron chi connectivity index (χ3n) is 26.6. The molecule has 2 aliphatic heterocycles. The van der Waals surface area contributed by atoms with Crippen molar-refractivity contribution in [1.82, 2.24) is 4.57 Å². The maximum Gasteiger partial charge on any atom is 0.252 e. The Morgan fingerprint density at radius 2 is 0.606 bits per heavy atom. The molecule has 0 N–H and O–H groups in total. The molecular formula is C105H62BN3. The number of hydrogen-bond donors (Lipinski definition) is 0. The second-order valence-corrected chi connectivity index (χ2v) is 31.0. The Morgan fingerprint density at radius 1 is 0.211 bits per heavy atom. The average molecular weight is 1380 g/mol. The Morgan fingerprint density at radius 3 is 1.12 bits per heavy atom. The van der Waals surface area contributed by atoms with Crippen LogP contribution < -0.4 is 26.2 Å². The van der Waals surface area contributed by atoms with Gasteiger partial charge in [-0.05, 0) is 210 Å². The van der Waals surface area contributed by atoms with E-state index in [1.807, 2.05) is 0 Å². The number of para-hydroxylation sites is 2. The van der Waals surface area contributed by atoms with Gasteiger partial charge in [-0.25, -0.2) is 0 Å². The van der Waals surface area contributed by atoms with Gasteiger partial charge in [-0.1, -0.05) is 322 Å². The molecule has 0 saturated heterocycles. The normalized spacial score (nSPS) is 15.0. The molecule has 8 aliphatic rings. The van der Waals surface area contributed by atoms with Crippen LogP contribution in [0.2, 0.25) is 0 Å². The van der Waals surface area contributed by atoms with Gasteiger partial charge in [0.2, 0.25) is 0 Å². The van der Waals surface area contributed by atoms with Gasteiger partial charge in [0.25, 0.3) is 6.71 Å². The first-order valence-corrected chi connectivity index (χ1v) is 38.4. The highest BCUT2D eigenvalue weighted by molar-refractivity contribution is 7.01. The van der Waals surface area contributed by atoms with Gasteiger partial charge in [0.15, 0.2) is 0 Å². The molecule has 6 aliphatic carbocycles. The zero-order valence-electron chi connectivity index (χ0n) is 59.2. The summed E-state index contributed by atoms with van der Waals surface area (Å²) in [5, 5.41) is 2.44. The number of hydrogen-bond acceptors (Lipinski definition) is 2. The highest BCUT2D eigenvalue weighted by Crippen LogP contribution is 2.69. The lowest BCUT2D eigenvalue weighted by Gasteiger charge is -2.46. The van der Waals surface area contributed by atoms with Crippen molar-refractivity contribution in [3.8, 4) is 83.6 Å². The second-order valence-electron chi connectivity index (χ2n) is 31.0. The molecule has 0 atom stereocenters. The number of aromatic nitrogens is 1. The van der Waals surface area contributed by atoms with E-state index in [4.69, 9.17) is 0 Å². The van der Waals surface area contributed by atoms with Crippen LogP contribution in [0.4, 0.5) is 34.1 Å². The summed E-state index contributed by atoms with van der Waals surface area (Å²) in [5.74, 6) is 0. The molecule has 0 unspecified atom stereocenters. The van der Waals surface area contributed by atoms with Crippen LogP contribution in [0, 0.1) is 0 Å². The molecule has 0 bridgehead atoms. The molecule has 26 rings (SSSR count). The number of fused-ring (bicyclic) bond motifs is 38. The van der Waals surface area contributed by atoms with Crippen LogP contribution in [0.25, 0.3) is 105 Å². The van der Waals surface area contributed by atoms with Gasteiger partial charge in [0.05, 0.1) is 38.7 Å². The molecule has 0 radical (unpaired) electrons. The van der Waals surface area contributed by atoms with E-state index in [1.165, 1.54) is 183 Å². The zero-order chi connectivity index (χ0) is 70.7. The SMILES string of the molecule is c1ccc(-c2ccc(N3c4cc5c(cc4B4c6c3cc(-n3c7ccccc7c7ccccc73)cc6N(c3cccc6c3C3(c7ccccc7-c7ccccc73)c3ccccc3-6)c3ccc6c(c34)-c3ccccc3C63c4ccccc4-c4ccccc43)C3(c4ccccc4-c4ccccc43)c3ccccc3-5)cc2)cc1. The predicted octanol–water partition coefficient (Wildman–Crippen LogP) is 23.6. The molecular weight excluding hydrogens is 1310 g/mol. The van der Waals surface area contributed by atoms with Gasteiger partial charge < -0.3 is 14.4 Å². The lowest BCUT2D eigenvalue weighted by molar-refractivity contribution is 0.792. The Kier molecular flexibility index (Phi) is 11.2. The summed E-state index contributed by atoms with van der Waals surface area (Å²) in [6.45, 7) is -0.336. The van der Waals surface area contributed by atoms with Crippen molar-refractivity contribution in [3.05, 3.63) is 443 Å². The van der Waals surface area contributed by atoms with Gasteiger partial charge in [-0.15, -0.1) is 0 Å². The molecule has 1 aromatic heterocycles. The van der Waals surface area contributed by atoms with Gasteiger partial charge in [-0.2, -0.15) is 0 Å². The topological polar surface area (TPSA) is 11.4 Å². The molecule has 17 aromatic carbocycles. The van der Waals surface area contributed by atoms with Crippen LogP contribution in [0.3, 0.4) is 0 Å². The molecule has 3 heterocycles. The Labute approximate surface area is 631 Å². The fraction of sp³-hybridized carbons (Fsp3) is 0.0286. The first-order chi connectivity index (χ1) is 54.1. The van der Waals surface area contributed by atoms with E-state index in [2.05, 4.69) is 390 Å². The molecule has 109 heavy (non-hydrogen) atoms. The minimum Gasteiger partial charge on any atom is -0.311 e. The molecule has 3 nitrogen and oxygen atoms in total. The molecule has 4 heteroatoms. The Bertz CT molecular complexity index is 6950. The minimum atomic E-state index is -0.696. The summed E-state index contributed by atoms with van der Waals surface area (Å²) in [6.07, 6.45) is 0. The van der Waals surface area contributed by atoms with Crippen molar-refractivity contribution in [2.45, 2.75) is 16.2 Å². The van der Waals surface area contributed by atoms with Crippen LogP contribution in [-0.2, 0) is 16.2 Å². The lowest BCUT2D eigenvalue weighted by Crippen LogP contribution is -2.62. The summed E-state index contributed by atoms with van der Waals surface area (Å²) in [4.78, 5) is 5.50. The van der Waals surface area contributed by atoms with Crippen molar-refractivity contribution in [3.63, 3.8) is 0 Å². The molecule has 500 valence electrons. The Balaban J connectivity index is 0.867.